The average molecular weight is 179 g/mol. The van der Waals surface area contributed by atoms with E-state index < -0.39 is 0 Å². The van der Waals surface area contributed by atoms with Crippen LogP contribution in [0, 0.1) is 0 Å². The first-order valence-electron chi connectivity index (χ1n) is 5.51. The Morgan fingerprint density at radius 3 is 2.62 bits per heavy atom. The van der Waals surface area contributed by atoms with E-state index in [2.05, 4.69) is 36.3 Å². The van der Waals surface area contributed by atoms with Crippen molar-refractivity contribution >= 4 is 0 Å². The van der Waals surface area contributed by atoms with Crippen LogP contribution in [0.4, 0.5) is 0 Å². The molecule has 0 amide bonds. The third-order valence-corrected chi connectivity index (χ3v) is 2.43. The Balaban J connectivity index is 1.93. The highest BCUT2D eigenvalue weighted by Crippen LogP contribution is 2.05. The molecule has 1 heteroatoms. The van der Waals surface area contributed by atoms with Gasteiger partial charge in [-0.05, 0) is 18.7 Å². The number of hydrogen-bond acceptors (Lipinski definition) is 1. The summed E-state index contributed by atoms with van der Waals surface area (Å²) in [5.41, 5.74) is 0. The van der Waals surface area contributed by atoms with Gasteiger partial charge >= 0.3 is 0 Å². The highest BCUT2D eigenvalue weighted by Gasteiger charge is 1.98. The van der Waals surface area contributed by atoms with E-state index in [1.54, 1.807) is 0 Å². The van der Waals surface area contributed by atoms with Gasteiger partial charge in [0.25, 0.3) is 0 Å². The van der Waals surface area contributed by atoms with E-state index in [1.807, 2.05) is 0 Å². The minimum atomic E-state index is 1.10. The van der Waals surface area contributed by atoms with Gasteiger partial charge in [0.2, 0.25) is 0 Å². The molecule has 0 unspecified atom stereocenters. The zero-order valence-corrected chi connectivity index (χ0v) is 8.71. The summed E-state index contributed by atoms with van der Waals surface area (Å²) < 4.78 is 0. The molecule has 0 saturated carbocycles. The molecule has 1 aliphatic rings. The molecule has 0 fully saturated rings. The van der Waals surface area contributed by atoms with Crippen molar-refractivity contribution in [3.63, 3.8) is 0 Å². The van der Waals surface area contributed by atoms with Gasteiger partial charge in [0.05, 0.1) is 0 Å². The Labute approximate surface area is 82.1 Å². The van der Waals surface area contributed by atoms with Crippen molar-refractivity contribution in [2.75, 3.05) is 13.1 Å². The van der Waals surface area contributed by atoms with Crippen LogP contribution in [0.5, 0.6) is 0 Å². The smallest absolute Gasteiger partial charge is 0.0357 e. The van der Waals surface area contributed by atoms with Crippen LogP contribution in [-0.2, 0) is 0 Å². The summed E-state index contributed by atoms with van der Waals surface area (Å²) in [5.74, 6) is 0. The van der Waals surface area contributed by atoms with Crippen LogP contribution in [0.1, 0.15) is 39.0 Å². The molecule has 0 aromatic heterocycles. The maximum absolute atomic E-state index is 2.38. The monoisotopic (exact) mass is 179 g/mol. The summed E-state index contributed by atoms with van der Waals surface area (Å²) in [6.07, 6.45) is 15.5. The molecule has 0 saturated heterocycles. The molecule has 0 atom stereocenters. The molecule has 0 aliphatic carbocycles. The van der Waals surface area contributed by atoms with Crippen molar-refractivity contribution in [3.8, 4) is 0 Å². The van der Waals surface area contributed by atoms with Crippen LogP contribution < -0.4 is 0 Å². The highest BCUT2D eigenvalue weighted by molar-refractivity contribution is 5.08. The van der Waals surface area contributed by atoms with E-state index in [0.717, 1.165) is 6.54 Å². The third-order valence-electron chi connectivity index (χ3n) is 2.43. The molecular weight excluding hydrogens is 158 g/mol. The van der Waals surface area contributed by atoms with E-state index >= 15 is 0 Å². The second-order valence-corrected chi connectivity index (χ2v) is 3.68. The fourth-order valence-corrected chi connectivity index (χ4v) is 1.59. The lowest BCUT2D eigenvalue weighted by atomic mass is 10.1. The summed E-state index contributed by atoms with van der Waals surface area (Å²) in [6.45, 7) is 4.59. The summed E-state index contributed by atoms with van der Waals surface area (Å²) in [6, 6.07) is 0. The maximum Gasteiger partial charge on any atom is 0.0357 e. The molecule has 1 nitrogen and oxygen atoms in total. The van der Waals surface area contributed by atoms with E-state index in [4.69, 9.17) is 0 Å². The van der Waals surface area contributed by atoms with E-state index in [9.17, 15) is 0 Å². The molecule has 1 aliphatic heterocycles. The van der Waals surface area contributed by atoms with Gasteiger partial charge in [-0.1, -0.05) is 44.8 Å². The van der Waals surface area contributed by atoms with Crippen molar-refractivity contribution in [2.45, 2.75) is 39.0 Å². The van der Waals surface area contributed by atoms with Crippen LogP contribution in [0.3, 0.4) is 0 Å². The van der Waals surface area contributed by atoms with Gasteiger partial charge in [-0.25, -0.2) is 0 Å². The van der Waals surface area contributed by atoms with Crippen molar-refractivity contribution in [3.05, 3.63) is 24.4 Å². The van der Waals surface area contributed by atoms with Gasteiger partial charge in [-0.15, -0.1) is 0 Å². The third kappa shape index (κ3) is 4.76. The van der Waals surface area contributed by atoms with Crippen molar-refractivity contribution in [1.82, 2.24) is 4.90 Å². The first kappa shape index (κ1) is 10.4. The second kappa shape index (κ2) is 6.76. The van der Waals surface area contributed by atoms with Crippen molar-refractivity contribution in [1.29, 1.82) is 0 Å². The minimum absolute atomic E-state index is 1.10. The quantitative estimate of drug-likeness (QED) is 0.565. The molecule has 1 heterocycles. The van der Waals surface area contributed by atoms with Gasteiger partial charge in [0.1, 0.15) is 0 Å². The first-order valence-corrected chi connectivity index (χ1v) is 5.51. The summed E-state index contributed by atoms with van der Waals surface area (Å²) in [7, 11) is 0. The SMILES string of the molecule is CCCCCCCN1C=CC=CC1. The van der Waals surface area contributed by atoms with Gasteiger partial charge < -0.3 is 4.90 Å². The average Bonchev–Trinajstić information content (AvgIpc) is 2.19. The summed E-state index contributed by atoms with van der Waals surface area (Å²) >= 11 is 0. The molecule has 13 heavy (non-hydrogen) atoms. The maximum atomic E-state index is 2.38. The molecule has 74 valence electrons. The van der Waals surface area contributed by atoms with Crippen molar-refractivity contribution < 1.29 is 0 Å². The molecule has 0 aromatic rings. The number of hydrogen-bond donors (Lipinski definition) is 0. The second-order valence-electron chi connectivity index (χ2n) is 3.68. The van der Waals surface area contributed by atoms with Crippen molar-refractivity contribution in [2.24, 2.45) is 0 Å². The largest absolute Gasteiger partial charge is 0.374 e. The summed E-state index contributed by atoms with van der Waals surface area (Å²) in [4.78, 5) is 2.38. The van der Waals surface area contributed by atoms with Gasteiger partial charge in [0.15, 0.2) is 0 Å². The van der Waals surface area contributed by atoms with E-state index in [-0.39, 0.29) is 0 Å². The Hall–Kier alpha value is -0.720. The van der Waals surface area contributed by atoms with Gasteiger partial charge in [-0.3, -0.25) is 0 Å². The van der Waals surface area contributed by atoms with E-state index in [0.29, 0.717) is 0 Å². The number of allylic oxidation sites excluding steroid dienone is 2. The highest BCUT2D eigenvalue weighted by atomic mass is 15.1. The number of unbranched alkanes of at least 4 members (excludes halogenated alkanes) is 4. The first-order chi connectivity index (χ1) is 6.43. The lowest BCUT2D eigenvalue weighted by molar-refractivity contribution is 0.393. The van der Waals surface area contributed by atoms with Gasteiger partial charge in [-0.2, -0.15) is 0 Å². The predicted octanol–water partition coefficient (Wildman–Crippen LogP) is 3.34. The normalized spacial score (nSPS) is 15.3. The topological polar surface area (TPSA) is 3.24 Å². The van der Waals surface area contributed by atoms with Crippen LogP contribution in [0.25, 0.3) is 0 Å². The van der Waals surface area contributed by atoms with Crippen LogP contribution in [0.2, 0.25) is 0 Å². The van der Waals surface area contributed by atoms with Crippen LogP contribution >= 0.6 is 0 Å². The molecule has 0 radical (unpaired) electrons. The fourth-order valence-electron chi connectivity index (χ4n) is 1.59. The Morgan fingerprint density at radius 1 is 1.08 bits per heavy atom. The fraction of sp³-hybridized carbons (Fsp3) is 0.667. The van der Waals surface area contributed by atoms with Gasteiger partial charge in [0, 0.05) is 13.1 Å². The predicted molar refractivity (Wildman–Crippen MR) is 58.6 cm³/mol. The molecule has 0 N–H and O–H groups in total. The number of nitrogens with zero attached hydrogens (tertiary/aromatic N) is 1. The molecule has 0 aromatic carbocycles. The molecule has 0 spiro atoms. The molecule has 1 rings (SSSR count). The Kier molecular flexibility index (Phi) is 5.39. The Morgan fingerprint density at radius 2 is 1.92 bits per heavy atom. The zero-order chi connectivity index (χ0) is 9.36. The zero-order valence-electron chi connectivity index (χ0n) is 8.71. The standard InChI is InChI=1S/C12H21N/c1-2-3-4-5-7-10-13-11-8-6-9-12-13/h6,8-9,11H,2-5,7,10,12H2,1H3. The Bertz CT molecular complexity index is 170. The molecule has 0 bridgehead atoms. The minimum Gasteiger partial charge on any atom is -0.374 e. The molecular formula is C12H21N. The van der Waals surface area contributed by atoms with E-state index in [1.165, 1.54) is 38.6 Å². The lowest BCUT2D eigenvalue weighted by Crippen LogP contribution is -2.19. The van der Waals surface area contributed by atoms with Crippen LogP contribution in [-0.4, -0.2) is 18.0 Å². The summed E-state index contributed by atoms with van der Waals surface area (Å²) in [5, 5.41) is 0. The lowest BCUT2D eigenvalue weighted by Gasteiger charge is -2.20. The van der Waals surface area contributed by atoms with Crippen LogP contribution in [0.15, 0.2) is 24.4 Å². The number of rotatable bonds is 6.